The first-order valence-electron chi connectivity index (χ1n) is 7.56. The topological polar surface area (TPSA) is 99.6 Å². The van der Waals surface area contributed by atoms with E-state index in [1.54, 1.807) is 6.08 Å². The molecule has 2 rings (SSSR count). The predicted octanol–water partition coefficient (Wildman–Crippen LogP) is 1.62. The Bertz CT molecular complexity index is 663. The van der Waals surface area contributed by atoms with Gasteiger partial charge in [0.15, 0.2) is 8.32 Å². The minimum Gasteiger partial charge on any atom is -0.469 e. The number of hydrogen-bond donors (Lipinski definition) is 2. The van der Waals surface area contributed by atoms with Crippen LogP contribution in [-0.2, 0) is 9.16 Å². The van der Waals surface area contributed by atoms with Gasteiger partial charge in [0.05, 0.1) is 0 Å². The van der Waals surface area contributed by atoms with Crippen molar-refractivity contribution in [3.63, 3.8) is 0 Å². The number of hydrogen-bond acceptors (Lipinski definition) is 6. The summed E-state index contributed by atoms with van der Waals surface area (Å²) in [5, 5.41) is 9.37. The SMILES string of the molecule is CC(C)(C)[Si](C)(C)OC1C=C(CO)OC1n1ccc(N)nc1=O. The Morgan fingerprint density at radius 3 is 2.65 bits per heavy atom. The number of rotatable bonds is 4. The number of aliphatic hydroxyl groups excluding tert-OH is 1. The fourth-order valence-electron chi connectivity index (χ4n) is 2.06. The molecule has 1 aromatic heterocycles. The van der Waals surface area contributed by atoms with Crippen LogP contribution in [0, 0.1) is 0 Å². The van der Waals surface area contributed by atoms with Gasteiger partial charge in [0.25, 0.3) is 0 Å². The Labute approximate surface area is 136 Å². The van der Waals surface area contributed by atoms with Gasteiger partial charge in [-0.15, -0.1) is 0 Å². The highest BCUT2D eigenvalue weighted by atomic mass is 28.4. The molecule has 0 aromatic carbocycles. The summed E-state index contributed by atoms with van der Waals surface area (Å²) in [5.74, 6) is 0.545. The van der Waals surface area contributed by atoms with E-state index in [-0.39, 0.29) is 17.5 Å². The summed E-state index contributed by atoms with van der Waals surface area (Å²) in [6.45, 7) is 10.4. The maximum atomic E-state index is 12.1. The maximum absolute atomic E-state index is 12.1. The Balaban J connectivity index is 2.34. The summed E-state index contributed by atoms with van der Waals surface area (Å²) < 4.78 is 13.4. The second-order valence-electron chi connectivity index (χ2n) is 7.18. The van der Waals surface area contributed by atoms with Gasteiger partial charge < -0.3 is 20.0 Å². The van der Waals surface area contributed by atoms with Crippen molar-refractivity contribution >= 4 is 14.1 Å². The van der Waals surface area contributed by atoms with Gasteiger partial charge in [-0.05, 0) is 30.3 Å². The largest absolute Gasteiger partial charge is 0.469 e. The fraction of sp³-hybridized carbons (Fsp3) is 0.600. The lowest BCUT2D eigenvalue weighted by Gasteiger charge is -2.39. The molecule has 0 saturated carbocycles. The van der Waals surface area contributed by atoms with Gasteiger partial charge in [-0.1, -0.05) is 20.8 Å². The molecule has 0 amide bonds. The Kier molecular flexibility index (Phi) is 4.70. The second-order valence-corrected chi connectivity index (χ2v) is 11.9. The zero-order valence-electron chi connectivity index (χ0n) is 14.2. The van der Waals surface area contributed by atoms with Crippen LogP contribution in [0.25, 0.3) is 0 Å². The van der Waals surface area contributed by atoms with E-state index in [0.29, 0.717) is 5.76 Å². The summed E-state index contributed by atoms with van der Waals surface area (Å²) in [7, 11) is -2.08. The molecule has 3 N–H and O–H groups in total. The van der Waals surface area contributed by atoms with E-state index in [4.69, 9.17) is 14.9 Å². The van der Waals surface area contributed by atoms with Crippen molar-refractivity contribution in [3.8, 4) is 0 Å². The van der Waals surface area contributed by atoms with Gasteiger partial charge in [0.2, 0.25) is 6.23 Å². The van der Waals surface area contributed by atoms with Crippen LogP contribution < -0.4 is 11.4 Å². The lowest BCUT2D eigenvalue weighted by atomic mass is 10.2. The average Bonchev–Trinajstić information content (AvgIpc) is 2.79. The first kappa shape index (κ1) is 17.7. The highest BCUT2D eigenvalue weighted by molar-refractivity contribution is 6.74. The molecule has 1 aliphatic rings. The quantitative estimate of drug-likeness (QED) is 0.809. The Morgan fingerprint density at radius 2 is 2.13 bits per heavy atom. The van der Waals surface area contributed by atoms with Gasteiger partial charge in [-0.2, -0.15) is 4.98 Å². The number of nitrogens with two attached hydrogens (primary N) is 1. The van der Waals surface area contributed by atoms with Crippen LogP contribution in [0.2, 0.25) is 18.1 Å². The van der Waals surface area contributed by atoms with Gasteiger partial charge in [0.1, 0.15) is 24.3 Å². The van der Waals surface area contributed by atoms with Crippen LogP contribution in [-0.4, -0.2) is 35.7 Å². The third-order valence-electron chi connectivity index (χ3n) is 4.42. The molecule has 23 heavy (non-hydrogen) atoms. The van der Waals surface area contributed by atoms with Gasteiger partial charge in [-0.25, -0.2) is 4.79 Å². The molecule has 128 valence electrons. The average molecular weight is 339 g/mol. The highest BCUT2D eigenvalue weighted by Crippen LogP contribution is 2.40. The summed E-state index contributed by atoms with van der Waals surface area (Å²) in [4.78, 5) is 15.8. The van der Waals surface area contributed by atoms with Crippen molar-refractivity contribution < 1.29 is 14.3 Å². The van der Waals surface area contributed by atoms with E-state index in [2.05, 4.69) is 38.8 Å². The fourth-order valence-corrected chi connectivity index (χ4v) is 3.28. The van der Waals surface area contributed by atoms with Crippen molar-refractivity contribution in [3.05, 3.63) is 34.6 Å². The number of anilines is 1. The molecule has 2 unspecified atom stereocenters. The highest BCUT2D eigenvalue weighted by Gasteiger charge is 2.43. The maximum Gasteiger partial charge on any atom is 0.352 e. The van der Waals surface area contributed by atoms with Crippen LogP contribution in [0.4, 0.5) is 5.82 Å². The normalized spacial score (nSPS) is 21.9. The summed E-state index contributed by atoms with van der Waals surface area (Å²) in [6.07, 6.45) is 2.12. The van der Waals surface area contributed by atoms with Crippen molar-refractivity contribution in [2.45, 2.75) is 51.2 Å². The van der Waals surface area contributed by atoms with Crippen molar-refractivity contribution in [1.29, 1.82) is 0 Å². The van der Waals surface area contributed by atoms with Crippen molar-refractivity contribution in [1.82, 2.24) is 9.55 Å². The number of ether oxygens (including phenoxy) is 1. The number of nitrogen functional groups attached to an aromatic ring is 1. The molecule has 0 aliphatic carbocycles. The molecular weight excluding hydrogens is 314 g/mol. The number of nitrogens with zero attached hydrogens (tertiary/aromatic N) is 2. The zero-order chi connectivity index (χ0) is 17.4. The summed E-state index contributed by atoms with van der Waals surface area (Å²) >= 11 is 0. The van der Waals surface area contributed by atoms with Crippen molar-refractivity contribution in [2.75, 3.05) is 12.3 Å². The molecule has 0 saturated heterocycles. The lowest BCUT2D eigenvalue weighted by Crippen LogP contribution is -2.46. The van der Waals surface area contributed by atoms with Gasteiger partial charge in [-0.3, -0.25) is 4.57 Å². The van der Waals surface area contributed by atoms with Crippen LogP contribution >= 0.6 is 0 Å². The second kappa shape index (κ2) is 6.10. The monoisotopic (exact) mass is 339 g/mol. The number of aliphatic hydroxyl groups is 1. The van der Waals surface area contributed by atoms with Crippen LogP contribution in [0.3, 0.4) is 0 Å². The molecule has 0 spiro atoms. The molecule has 0 radical (unpaired) electrons. The molecule has 2 atom stereocenters. The van der Waals surface area contributed by atoms with Crippen LogP contribution in [0.5, 0.6) is 0 Å². The zero-order valence-corrected chi connectivity index (χ0v) is 15.2. The van der Waals surface area contributed by atoms with E-state index >= 15 is 0 Å². The Hall–Kier alpha value is -1.64. The van der Waals surface area contributed by atoms with E-state index in [9.17, 15) is 9.90 Å². The predicted molar refractivity (Wildman–Crippen MR) is 90.3 cm³/mol. The van der Waals surface area contributed by atoms with Crippen molar-refractivity contribution in [2.24, 2.45) is 0 Å². The van der Waals surface area contributed by atoms with Gasteiger partial charge >= 0.3 is 5.69 Å². The van der Waals surface area contributed by atoms with Crippen LogP contribution in [0.15, 0.2) is 28.9 Å². The molecule has 7 nitrogen and oxygen atoms in total. The van der Waals surface area contributed by atoms with E-state index in [0.717, 1.165) is 0 Å². The molecule has 0 fully saturated rings. The molecular formula is C15H25N3O4Si. The Morgan fingerprint density at radius 1 is 1.48 bits per heavy atom. The first-order chi connectivity index (χ1) is 10.5. The van der Waals surface area contributed by atoms with E-state index < -0.39 is 26.3 Å². The number of aromatic nitrogens is 2. The minimum absolute atomic E-state index is 0.0116. The molecule has 2 heterocycles. The third-order valence-corrected chi connectivity index (χ3v) is 8.90. The lowest BCUT2D eigenvalue weighted by molar-refractivity contribution is -0.00540. The van der Waals surface area contributed by atoms with Gasteiger partial charge in [0, 0.05) is 6.20 Å². The van der Waals surface area contributed by atoms with Crippen LogP contribution in [0.1, 0.15) is 27.0 Å². The summed E-state index contributed by atoms with van der Waals surface area (Å²) in [6, 6.07) is 1.53. The standard InChI is InChI=1S/C15H25N3O4Si/c1-15(2,3)23(4,5)22-11-8-10(9-19)21-13(11)18-7-6-12(16)17-14(18)20/h6-8,11,13,19H,9H2,1-5H3,(H2,16,17,20). The van der Waals surface area contributed by atoms with E-state index in [1.165, 1.54) is 16.8 Å². The third kappa shape index (κ3) is 3.65. The summed E-state index contributed by atoms with van der Waals surface area (Å²) in [5.41, 5.74) is 5.02. The molecule has 8 heteroatoms. The van der Waals surface area contributed by atoms with E-state index in [1.807, 2.05) is 0 Å². The molecule has 0 bridgehead atoms. The first-order valence-corrected chi connectivity index (χ1v) is 10.5. The molecule has 1 aliphatic heterocycles. The minimum atomic E-state index is -2.08. The smallest absolute Gasteiger partial charge is 0.352 e. The molecule has 1 aromatic rings.